The molecule has 0 radical (unpaired) electrons. The molecule has 4 nitrogen and oxygen atoms in total. The number of carbonyl (C=O) groups is 1. The van der Waals surface area contributed by atoms with Crippen LogP contribution in [0.25, 0.3) is 0 Å². The van der Waals surface area contributed by atoms with Gasteiger partial charge in [0.1, 0.15) is 6.61 Å². The fraction of sp³-hybridized carbons (Fsp3) is 0.562. The van der Waals surface area contributed by atoms with Crippen LogP contribution in [0.5, 0.6) is 0 Å². The van der Waals surface area contributed by atoms with E-state index >= 15 is 0 Å². The third kappa shape index (κ3) is 5.88. The van der Waals surface area contributed by atoms with Crippen molar-refractivity contribution in [1.82, 2.24) is 5.32 Å². The predicted molar refractivity (Wildman–Crippen MR) is 83.0 cm³/mol. The van der Waals surface area contributed by atoms with Crippen molar-refractivity contribution in [2.24, 2.45) is 0 Å². The van der Waals surface area contributed by atoms with Crippen molar-refractivity contribution in [2.75, 3.05) is 13.2 Å². The molecule has 114 valence electrons. The van der Waals surface area contributed by atoms with E-state index < -0.39 is 0 Å². The van der Waals surface area contributed by atoms with Crippen LogP contribution in [0, 0.1) is 11.8 Å². The first kappa shape index (κ1) is 16.0. The van der Waals surface area contributed by atoms with Gasteiger partial charge in [0, 0.05) is 17.9 Å². The summed E-state index contributed by atoms with van der Waals surface area (Å²) in [6, 6.07) is 3.86. The molecule has 5 heteroatoms. The first-order valence-corrected chi connectivity index (χ1v) is 8.16. The lowest BCUT2D eigenvalue weighted by Crippen LogP contribution is -2.25. The van der Waals surface area contributed by atoms with Crippen LogP contribution < -0.4 is 5.32 Å². The van der Waals surface area contributed by atoms with E-state index in [0.29, 0.717) is 13.0 Å². The van der Waals surface area contributed by atoms with Gasteiger partial charge in [0.15, 0.2) is 0 Å². The Labute approximate surface area is 129 Å². The van der Waals surface area contributed by atoms with Gasteiger partial charge in [-0.15, -0.1) is 11.3 Å². The Bertz CT molecular complexity index is 509. The molecule has 1 amide bonds. The van der Waals surface area contributed by atoms with Gasteiger partial charge in [-0.2, -0.15) is 0 Å². The number of rotatable bonds is 5. The molecule has 1 aromatic rings. The summed E-state index contributed by atoms with van der Waals surface area (Å²) in [6.07, 6.45) is 5.01. The number of ether oxygens (including phenoxy) is 1. The lowest BCUT2D eigenvalue weighted by atomic mass is 10.0. The number of hydrogen-bond donors (Lipinski definition) is 2. The molecule has 1 aromatic heterocycles. The highest BCUT2D eigenvalue weighted by molar-refractivity contribution is 7.12. The molecule has 0 saturated carbocycles. The maximum absolute atomic E-state index is 11.8. The molecule has 1 aliphatic heterocycles. The van der Waals surface area contributed by atoms with Crippen LogP contribution in [0.4, 0.5) is 0 Å². The molecular formula is C16H21NO3S. The van der Waals surface area contributed by atoms with Crippen molar-refractivity contribution in [1.29, 1.82) is 0 Å². The van der Waals surface area contributed by atoms with Crippen LogP contribution in [-0.2, 0) is 16.1 Å². The molecule has 2 rings (SSSR count). The normalized spacial score (nSPS) is 17.9. The molecule has 1 unspecified atom stereocenters. The van der Waals surface area contributed by atoms with Crippen LogP contribution in [0.1, 0.15) is 41.9 Å². The summed E-state index contributed by atoms with van der Waals surface area (Å²) in [5, 5.41) is 11.6. The van der Waals surface area contributed by atoms with Crippen LogP contribution >= 0.6 is 11.3 Å². The molecule has 1 fully saturated rings. The van der Waals surface area contributed by atoms with Gasteiger partial charge >= 0.3 is 0 Å². The second-order valence-electron chi connectivity index (χ2n) is 5.03. The maximum atomic E-state index is 11.8. The second-order valence-corrected chi connectivity index (χ2v) is 6.20. The summed E-state index contributed by atoms with van der Waals surface area (Å²) in [5.41, 5.74) is 0. The number of nitrogens with one attached hydrogen (secondary N) is 1. The first-order chi connectivity index (χ1) is 10.3. The summed E-state index contributed by atoms with van der Waals surface area (Å²) in [6.45, 7) is 1.24. The van der Waals surface area contributed by atoms with E-state index in [-0.39, 0.29) is 18.6 Å². The Morgan fingerprint density at radius 1 is 1.48 bits per heavy atom. The molecular weight excluding hydrogens is 286 g/mol. The topological polar surface area (TPSA) is 58.6 Å². The lowest BCUT2D eigenvalue weighted by Gasteiger charge is -2.22. The van der Waals surface area contributed by atoms with E-state index in [1.165, 1.54) is 17.8 Å². The Morgan fingerprint density at radius 3 is 3.14 bits per heavy atom. The van der Waals surface area contributed by atoms with Crippen molar-refractivity contribution in [2.45, 2.75) is 44.8 Å². The van der Waals surface area contributed by atoms with Gasteiger partial charge in [0.25, 0.3) is 0 Å². The SMILES string of the molecule is O=C(CCC1CCCCO1)NCc1ccc(C#CCO)s1. The van der Waals surface area contributed by atoms with Crippen LogP contribution in [0.3, 0.4) is 0 Å². The third-order valence-corrected chi connectivity index (χ3v) is 4.38. The maximum Gasteiger partial charge on any atom is 0.220 e. The Morgan fingerprint density at radius 2 is 2.38 bits per heavy atom. The lowest BCUT2D eigenvalue weighted by molar-refractivity contribution is -0.122. The van der Waals surface area contributed by atoms with Gasteiger partial charge in [0.2, 0.25) is 5.91 Å². The van der Waals surface area contributed by atoms with E-state index in [4.69, 9.17) is 9.84 Å². The highest BCUT2D eigenvalue weighted by Gasteiger charge is 2.15. The summed E-state index contributed by atoms with van der Waals surface area (Å²) in [5.74, 6) is 5.54. The molecule has 21 heavy (non-hydrogen) atoms. The number of hydrogen-bond acceptors (Lipinski definition) is 4. The number of carbonyl (C=O) groups excluding carboxylic acids is 1. The molecule has 2 N–H and O–H groups in total. The number of aliphatic hydroxyl groups is 1. The predicted octanol–water partition coefficient (Wildman–Crippen LogP) is 2.06. The van der Waals surface area contributed by atoms with Crippen molar-refractivity contribution in [3.8, 4) is 11.8 Å². The second kappa shape index (κ2) is 8.83. The summed E-state index contributed by atoms with van der Waals surface area (Å²) in [4.78, 5) is 13.8. The monoisotopic (exact) mass is 307 g/mol. The average molecular weight is 307 g/mol. The largest absolute Gasteiger partial charge is 0.384 e. The fourth-order valence-corrected chi connectivity index (χ4v) is 3.09. The van der Waals surface area contributed by atoms with E-state index in [2.05, 4.69) is 17.2 Å². The van der Waals surface area contributed by atoms with Gasteiger partial charge in [-0.25, -0.2) is 0 Å². The zero-order chi connectivity index (χ0) is 14.9. The summed E-state index contributed by atoms with van der Waals surface area (Å²) in [7, 11) is 0. The van der Waals surface area contributed by atoms with Gasteiger partial charge in [0.05, 0.1) is 17.5 Å². The van der Waals surface area contributed by atoms with Crippen molar-refractivity contribution in [3.05, 3.63) is 21.9 Å². The summed E-state index contributed by atoms with van der Waals surface area (Å²) < 4.78 is 5.62. The zero-order valence-corrected chi connectivity index (χ0v) is 12.9. The minimum Gasteiger partial charge on any atom is -0.384 e. The third-order valence-electron chi connectivity index (χ3n) is 3.38. The number of aliphatic hydroxyl groups excluding tert-OH is 1. The van der Waals surface area contributed by atoms with Gasteiger partial charge in [-0.1, -0.05) is 11.8 Å². The zero-order valence-electron chi connectivity index (χ0n) is 12.1. The van der Waals surface area contributed by atoms with Crippen LogP contribution in [0.2, 0.25) is 0 Å². The highest BCUT2D eigenvalue weighted by atomic mass is 32.1. The van der Waals surface area contributed by atoms with Crippen LogP contribution in [-0.4, -0.2) is 30.3 Å². The quantitative estimate of drug-likeness (QED) is 0.819. The Hall–Kier alpha value is -1.35. The molecule has 0 spiro atoms. The number of amides is 1. The molecule has 0 bridgehead atoms. The fourth-order valence-electron chi connectivity index (χ4n) is 2.27. The highest BCUT2D eigenvalue weighted by Crippen LogP contribution is 2.17. The van der Waals surface area contributed by atoms with Gasteiger partial charge in [-0.3, -0.25) is 4.79 Å². The molecule has 0 aromatic carbocycles. The molecule has 1 atom stereocenters. The number of thiophene rings is 1. The van der Waals surface area contributed by atoms with E-state index in [0.717, 1.165) is 35.6 Å². The summed E-state index contributed by atoms with van der Waals surface area (Å²) >= 11 is 1.54. The Balaban J connectivity index is 1.67. The molecule has 2 heterocycles. The van der Waals surface area contributed by atoms with Crippen LogP contribution in [0.15, 0.2) is 12.1 Å². The average Bonchev–Trinajstić information content (AvgIpc) is 2.98. The Kier molecular flexibility index (Phi) is 6.74. The van der Waals surface area contributed by atoms with E-state index in [1.54, 1.807) is 0 Å². The van der Waals surface area contributed by atoms with Crippen molar-refractivity contribution >= 4 is 17.2 Å². The minimum atomic E-state index is -0.132. The molecule has 1 saturated heterocycles. The molecule has 1 aliphatic rings. The van der Waals surface area contributed by atoms with Gasteiger partial charge < -0.3 is 15.2 Å². The minimum absolute atomic E-state index is 0.0700. The van der Waals surface area contributed by atoms with Crippen molar-refractivity contribution in [3.63, 3.8) is 0 Å². The first-order valence-electron chi connectivity index (χ1n) is 7.34. The molecule has 0 aliphatic carbocycles. The van der Waals surface area contributed by atoms with E-state index in [1.807, 2.05) is 12.1 Å². The van der Waals surface area contributed by atoms with Crippen molar-refractivity contribution < 1.29 is 14.6 Å². The van der Waals surface area contributed by atoms with Gasteiger partial charge in [-0.05, 0) is 37.8 Å². The smallest absolute Gasteiger partial charge is 0.220 e. The van der Waals surface area contributed by atoms with E-state index in [9.17, 15) is 4.79 Å². The standard InChI is InChI=1S/C16H21NO3S/c18-10-3-5-14-7-8-15(21-14)12-17-16(19)9-6-13-4-1-2-11-20-13/h7-8,13,18H,1-2,4,6,9-12H2,(H,17,19).